The highest BCUT2D eigenvalue weighted by atomic mass is 32.2. The molecule has 9 heteroatoms. The van der Waals surface area contributed by atoms with Crippen molar-refractivity contribution >= 4 is 27.5 Å². The van der Waals surface area contributed by atoms with Crippen molar-refractivity contribution < 1.29 is 18.0 Å². The number of benzene rings is 3. The molecule has 2 aliphatic rings. The zero-order chi connectivity index (χ0) is 23.9. The van der Waals surface area contributed by atoms with Gasteiger partial charge in [-0.1, -0.05) is 30.3 Å². The van der Waals surface area contributed by atoms with E-state index >= 15 is 0 Å². The number of anilines is 1. The summed E-state index contributed by atoms with van der Waals surface area (Å²) in [4.78, 5) is 25.1. The van der Waals surface area contributed by atoms with Gasteiger partial charge in [-0.05, 0) is 60.0 Å². The first-order valence-corrected chi connectivity index (χ1v) is 12.2. The Labute approximate surface area is 196 Å². The van der Waals surface area contributed by atoms with Crippen molar-refractivity contribution in [2.75, 3.05) is 18.0 Å². The number of amides is 3. The molecule has 2 aliphatic heterocycles. The number of hydrogen-bond donors (Lipinski definition) is 2. The number of fused-ring (bicyclic) bond motifs is 1. The third kappa shape index (κ3) is 3.31. The molecule has 2 N–H and O–H groups in total. The second-order valence-electron chi connectivity index (χ2n) is 8.19. The van der Waals surface area contributed by atoms with Crippen LogP contribution < -0.4 is 15.5 Å². The summed E-state index contributed by atoms with van der Waals surface area (Å²) in [5.74, 6) is -0.216. The molecule has 1 fully saturated rings. The Morgan fingerprint density at radius 2 is 1.76 bits per heavy atom. The van der Waals surface area contributed by atoms with Gasteiger partial charge in [0.25, 0.3) is 5.91 Å². The number of hydrogen-bond acceptors (Lipinski definition) is 5. The first-order valence-electron chi connectivity index (χ1n) is 10.7. The van der Waals surface area contributed by atoms with Crippen LogP contribution in [-0.2, 0) is 21.1 Å². The standard InChI is InChI=1S/C25H20N4O4S/c26-15-17-6-8-18(9-7-17)23(30)29-13-12-19-14-21(10-11-22(19)29)34(32,33)25(16-27-24(31)28-25)20-4-2-1-3-5-20/h1-11,14H,12-13,16H2,(H2,27,28,31). The summed E-state index contributed by atoms with van der Waals surface area (Å²) in [5, 5.41) is 14.2. The number of nitrogens with one attached hydrogen (secondary N) is 2. The van der Waals surface area contributed by atoms with Crippen LogP contribution in [0.1, 0.15) is 27.0 Å². The molecular formula is C25H20N4O4S. The number of carbonyl (C=O) groups is 2. The normalized spacial score (nSPS) is 19.1. The maximum Gasteiger partial charge on any atom is 0.316 e. The summed E-state index contributed by atoms with van der Waals surface area (Å²) >= 11 is 0. The van der Waals surface area contributed by atoms with Crippen LogP contribution in [0.5, 0.6) is 0 Å². The van der Waals surface area contributed by atoms with Crippen LogP contribution in [0.3, 0.4) is 0 Å². The lowest BCUT2D eigenvalue weighted by atomic mass is 10.1. The average molecular weight is 473 g/mol. The lowest BCUT2D eigenvalue weighted by Crippen LogP contribution is -2.47. The third-order valence-corrected chi connectivity index (χ3v) is 8.55. The number of nitrogens with zero attached hydrogens (tertiary/aromatic N) is 2. The molecule has 1 unspecified atom stereocenters. The van der Waals surface area contributed by atoms with E-state index in [2.05, 4.69) is 10.6 Å². The number of sulfone groups is 1. The van der Waals surface area contributed by atoms with E-state index in [0.29, 0.717) is 35.3 Å². The molecule has 3 aromatic carbocycles. The van der Waals surface area contributed by atoms with Gasteiger partial charge in [-0.15, -0.1) is 0 Å². The van der Waals surface area contributed by atoms with Gasteiger partial charge >= 0.3 is 6.03 Å². The highest BCUT2D eigenvalue weighted by Gasteiger charge is 2.51. The fraction of sp³-hybridized carbons (Fsp3) is 0.160. The van der Waals surface area contributed by atoms with Crippen LogP contribution in [0, 0.1) is 11.3 Å². The Hall–Kier alpha value is -4.16. The lowest BCUT2D eigenvalue weighted by molar-refractivity contribution is 0.0989. The second-order valence-corrected chi connectivity index (χ2v) is 10.4. The first-order chi connectivity index (χ1) is 16.4. The summed E-state index contributed by atoms with van der Waals surface area (Å²) < 4.78 is 27.7. The second kappa shape index (κ2) is 8.01. The predicted octanol–water partition coefficient (Wildman–Crippen LogP) is 2.70. The predicted molar refractivity (Wildman–Crippen MR) is 125 cm³/mol. The molecule has 170 valence electrons. The van der Waals surface area contributed by atoms with Crippen LogP contribution in [0.15, 0.2) is 77.7 Å². The molecule has 0 spiro atoms. The monoisotopic (exact) mass is 472 g/mol. The molecule has 0 aliphatic carbocycles. The Balaban J connectivity index is 1.50. The van der Waals surface area contributed by atoms with Crippen molar-refractivity contribution in [3.05, 3.63) is 95.1 Å². The molecule has 0 bridgehead atoms. The maximum absolute atomic E-state index is 13.8. The SMILES string of the molecule is N#Cc1ccc(C(=O)N2CCc3cc(S(=O)(=O)C4(c5ccccc5)CNC(=O)N4)ccc32)cc1. The maximum atomic E-state index is 13.8. The molecule has 0 radical (unpaired) electrons. The van der Waals surface area contributed by atoms with E-state index < -0.39 is 20.7 Å². The molecule has 1 atom stereocenters. The molecule has 34 heavy (non-hydrogen) atoms. The van der Waals surface area contributed by atoms with Gasteiger partial charge in [-0.3, -0.25) is 4.79 Å². The molecule has 3 amide bonds. The highest BCUT2D eigenvalue weighted by molar-refractivity contribution is 7.92. The van der Waals surface area contributed by atoms with Gasteiger partial charge in [0.1, 0.15) is 0 Å². The van der Waals surface area contributed by atoms with Gasteiger partial charge in [0.15, 0.2) is 4.87 Å². The lowest BCUT2D eigenvalue weighted by Gasteiger charge is -2.28. The van der Waals surface area contributed by atoms with E-state index in [9.17, 15) is 18.0 Å². The van der Waals surface area contributed by atoms with Crippen molar-refractivity contribution in [1.82, 2.24) is 10.6 Å². The van der Waals surface area contributed by atoms with Crippen molar-refractivity contribution in [3.8, 4) is 6.07 Å². The number of carbonyl (C=O) groups excluding carboxylic acids is 2. The first kappa shape index (κ1) is 21.7. The van der Waals surface area contributed by atoms with Crippen molar-refractivity contribution in [2.45, 2.75) is 16.2 Å². The van der Waals surface area contributed by atoms with E-state index in [1.54, 1.807) is 71.6 Å². The number of urea groups is 1. The van der Waals surface area contributed by atoms with Crippen LogP contribution in [0.25, 0.3) is 0 Å². The smallest absolute Gasteiger partial charge is 0.316 e. The third-order valence-electron chi connectivity index (χ3n) is 6.28. The van der Waals surface area contributed by atoms with Crippen molar-refractivity contribution in [1.29, 1.82) is 5.26 Å². The zero-order valence-corrected chi connectivity index (χ0v) is 18.8. The van der Waals surface area contributed by atoms with E-state index in [4.69, 9.17) is 5.26 Å². The van der Waals surface area contributed by atoms with Crippen LogP contribution >= 0.6 is 0 Å². The molecule has 0 saturated carbocycles. The van der Waals surface area contributed by atoms with Gasteiger partial charge in [-0.25, -0.2) is 13.2 Å². The van der Waals surface area contributed by atoms with Gasteiger partial charge in [0, 0.05) is 17.8 Å². The van der Waals surface area contributed by atoms with E-state index in [0.717, 1.165) is 5.56 Å². The van der Waals surface area contributed by atoms with Gasteiger partial charge in [0.2, 0.25) is 9.84 Å². The molecule has 5 rings (SSSR count). The fourth-order valence-corrected chi connectivity index (χ4v) is 6.36. The summed E-state index contributed by atoms with van der Waals surface area (Å²) in [7, 11) is -4.03. The Kier molecular flexibility index (Phi) is 5.10. The summed E-state index contributed by atoms with van der Waals surface area (Å²) in [6.45, 7) is 0.318. The summed E-state index contributed by atoms with van der Waals surface area (Å²) in [6, 6.07) is 21.2. The molecule has 1 saturated heterocycles. The van der Waals surface area contributed by atoms with Gasteiger partial charge < -0.3 is 15.5 Å². The summed E-state index contributed by atoms with van der Waals surface area (Å²) in [5.41, 5.74) is 2.77. The van der Waals surface area contributed by atoms with Crippen molar-refractivity contribution in [2.24, 2.45) is 0 Å². The number of nitriles is 1. The topological polar surface area (TPSA) is 119 Å². The van der Waals surface area contributed by atoms with Crippen LogP contribution in [-0.4, -0.2) is 33.4 Å². The van der Waals surface area contributed by atoms with E-state index in [-0.39, 0.29) is 17.3 Å². The molecule has 3 aromatic rings. The Bertz CT molecular complexity index is 1450. The van der Waals surface area contributed by atoms with Gasteiger partial charge in [-0.2, -0.15) is 5.26 Å². The minimum Gasteiger partial charge on any atom is -0.334 e. The zero-order valence-electron chi connectivity index (χ0n) is 18.0. The average Bonchev–Trinajstić information content (AvgIpc) is 3.48. The van der Waals surface area contributed by atoms with E-state index in [1.807, 2.05) is 6.07 Å². The molecule has 0 aromatic heterocycles. The molecular weight excluding hydrogens is 452 g/mol. The molecule has 2 heterocycles. The van der Waals surface area contributed by atoms with Crippen molar-refractivity contribution in [3.63, 3.8) is 0 Å². The van der Waals surface area contributed by atoms with E-state index in [1.165, 1.54) is 6.07 Å². The largest absolute Gasteiger partial charge is 0.334 e. The highest BCUT2D eigenvalue weighted by Crippen LogP contribution is 2.38. The Morgan fingerprint density at radius 1 is 1.03 bits per heavy atom. The van der Waals surface area contributed by atoms with Gasteiger partial charge in [0.05, 0.1) is 23.1 Å². The van der Waals surface area contributed by atoms with Crippen LogP contribution in [0.4, 0.5) is 10.5 Å². The minimum atomic E-state index is -4.03. The Morgan fingerprint density at radius 3 is 2.41 bits per heavy atom. The fourth-order valence-electron chi connectivity index (χ4n) is 4.48. The molecule has 8 nitrogen and oxygen atoms in total. The van der Waals surface area contributed by atoms with Crippen LogP contribution in [0.2, 0.25) is 0 Å². The quantitative estimate of drug-likeness (QED) is 0.605. The summed E-state index contributed by atoms with van der Waals surface area (Å²) in [6.07, 6.45) is 0.504. The minimum absolute atomic E-state index is 0.0757. The number of rotatable bonds is 4.